The standard InChI is InChI=1S/C25H27NO4/c1-3-18-10-13-20(14-11-18)23-22(21(27)15-12-19-8-5-4-6-9-19)24(28)25(29)26(23)16-7-17-30-2/h4-6,8-15,23,28H,3,7,16-17H2,1-2H3. The minimum atomic E-state index is -0.617. The number of hydrogen-bond donors (Lipinski definition) is 1. The van der Waals surface area contributed by atoms with Crippen molar-refractivity contribution in [3.63, 3.8) is 0 Å². The zero-order chi connectivity index (χ0) is 21.5. The van der Waals surface area contributed by atoms with E-state index in [1.165, 1.54) is 11.6 Å². The predicted molar refractivity (Wildman–Crippen MR) is 117 cm³/mol. The Kier molecular flexibility index (Phi) is 7.20. The van der Waals surface area contributed by atoms with Gasteiger partial charge in [0.2, 0.25) is 0 Å². The maximum Gasteiger partial charge on any atom is 0.290 e. The van der Waals surface area contributed by atoms with Crippen LogP contribution in [-0.4, -0.2) is 42.0 Å². The number of methoxy groups -OCH3 is 1. The number of carbonyl (C=O) groups is 2. The summed E-state index contributed by atoms with van der Waals surface area (Å²) in [6.07, 6.45) is 4.62. The van der Waals surface area contributed by atoms with Gasteiger partial charge < -0.3 is 14.7 Å². The number of allylic oxidation sites excluding steroid dienone is 1. The van der Waals surface area contributed by atoms with Crippen LogP contribution in [0.25, 0.3) is 6.08 Å². The van der Waals surface area contributed by atoms with Crippen molar-refractivity contribution in [3.05, 3.63) is 88.7 Å². The number of aryl methyl sites for hydroxylation is 1. The molecule has 0 spiro atoms. The second kappa shape index (κ2) is 10.0. The second-order valence-electron chi connectivity index (χ2n) is 7.21. The summed E-state index contributed by atoms with van der Waals surface area (Å²) in [4.78, 5) is 27.4. The Labute approximate surface area is 177 Å². The summed E-state index contributed by atoms with van der Waals surface area (Å²) < 4.78 is 5.10. The first-order valence-electron chi connectivity index (χ1n) is 10.2. The number of aliphatic hydroxyl groups excluding tert-OH is 1. The highest BCUT2D eigenvalue weighted by Crippen LogP contribution is 2.38. The quantitative estimate of drug-likeness (QED) is 0.500. The van der Waals surface area contributed by atoms with Crippen molar-refractivity contribution < 1.29 is 19.4 Å². The van der Waals surface area contributed by atoms with Crippen LogP contribution in [0, 0.1) is 0 Å². The Morgan fingerprint density at radius 1 is 1.13 bits per heavy atom. The van der Waals surface area contributed by atoms with E-state index >= 15 is 0 Å². The molecule has 2 aromatic carbocycles. The molecule has 5 nitrogen and oxygen atoms in total. The van der Waals surface area contributed by atoms with Crippen molar-refractivity contribution in [3.8, 4) is 0 Å². The summed E-state index contributed by atoms with van der Waals surface area (Å²) in [6.45, 7) is 2.94. The lowest BCUT2D eigenvalue weighted by Crippen LogP contribution is -2.32. The van der Waals surface area contributed by atoms with Crippen LogP contribution in [0.15, 0.2) is 72.0 Å². The molecule has 3 rings (SSSR count). The van der Waals surface area contributed by atoms with E-state index in [9.17, 15) is 14.7 Å². The van der Waals surface area contributed by atoms with Gasteiger partial charge in [-0.05, 0) is 35.6 Å². The minimum absolute atomic E-state index is 0.119. The molecular formula is C25H27NO4. The number of ether oxygens (including phenoxy) is 1. The topological polar surface area (TPSA) is 66.8 Å². The maximum absolute atomic E-state index is 13.0. The van der Waals surface area contributed by atoms with Gasteiger partial charge >= 0.3 is 0 Å². The fourth-order valence-electron chi connectivity index (χ4n) is 3.62. The molecular weight excluding hydrogens is 378 g/mol. The zero-order valence-corrected chi connectivity index (χ0v) is 17.4. The van der Waals surface area contributed by atoms with Crippen LogP contribution in [0.5, 0.6) is 0 Å². The van der Waals surface area contributed by atoms with E-state index in [2.05, 4.69) is 6.92 Å². The van der Waals surface area contributed by atoms with Crippen LogP contribution in [0.2, 0.25) is 0 Å². The average Bonchev–Trinajstić information content (AvgIpc) is 3.03. The van der Waals surface area contributed by atoms with E-state index < -0.39 is 17.7 Å². The van der Waals surface area contributed by atoms with Gasteiger partial charge in [0.1, 0.15) is 0 Å². The first-order valence-corrected chi connectivity index (χ1v) is 10.2. The number of benzene rings is 2. The molecule has 156 valence electrons. The minimum Gasteiger partial charge on any atom is -0.503 e. The van der Waals surface area contributed by atoms with Crippen molar-refractivity contribution in [2.75, 3.05) is 20.3 Å². The monoisotopic (exact) mass is 405 g/mol. The Hall–Kier alpha value is -3.18. The van der Waals surface area contributed by atoms with Crippen LogP contribution in [0.3, 0.4) is 0 Å². The smallest absolute Gasteiger partial charge is 0.290 e. The summed E-state index contributed by atoms with van der Waals surface area (Å²) in [6, 6.07) is 16.6. The fraction of sp³-hybridized carbons (Fsp3) is 0.280. The third-order valence-corrected chi connectivity index (χ3v) is 5.25. The van der Waals surface area contributed by atoms with Gasteiger partial charge in [-0.15, -0.1) is 0 Å². The highest BCUT2D eigenvalue weighted by molar-refractivity contribution is 6.14. The third-order valence-electron chi connectivity index (χ3n) is 5.25. The first-order chi connectivity index (χ1) is 14.6. The van der Waals surface area contributed by atoms with Gasteiger partial charge in [0.05, 0.1) is 11.6 Å². The van der Waals surface area contributed by atoms with Crippen LogP contribution in [0.4, 0.5) is 0 Å². The normalized spacial score (nSPS) is 16.7. The lowest BCUT2D eigenvalue weighted by molar-refractivity contribution is -0.129. The molecule has 0 bridgehead atoms. The van der Waals surface area contributed by atoms with Gasteiger partial charge in [-0.2, -0.15) is 0 Å². The predicted octanol–water partition coefficient (Wildman–Crippen LogP) is 4.26. The molecule has 1 N–H and O–H groups in total. The van der Waals surface area contributed by atoms with E-state index in [-0.39, 0.29) is 11.4 Å². The van der Waals surface area contributed by atoms with Gasteiger partial charge in [0.15, 0.2) is 11.5 Å². The molecule has 0 saturated heterocycles. The van der Waals surface area contributed by atoms with Crippen molar-refractivity contribution in [2.45, 2.75) is 25.8 Å². The molecule has 0 aliphatic carbocycles. The lowest BCUT2D eigenvalue weighted by atomic mass is 9.94. The molecule has 0 saturated carbocycles. The number of carbonyl (C=O) groups excluding carboxylic acids is 2. The zero-order valence-electron chi connectivity index (χ0n) is 17.4. The van der Waals surface area contributed by atoms with E-state index in [1.54, 1.807) is 18.1 Å². The Balaban J connectivity index is 1.95. The second-order valence-corrected chi connectivity index (χ2v) is 7.21. The van der Waals surface area contributed by atoms with Gasteiger partial charge in [-0.1, -0.05) is 67.6 Å². The Morgan fingerprint density at radius 2 is 1.83 bits per heavy atom. The summed E-state index contributed by atoms with van der Waals surface area (Å²) in [5.41, 5.74) is 2.96. The number of aliphatic hydroxyl groups is 1. The molecule has 1 aliphatic heterocycles. The molecule has 1 amide bonds. The van der Waals surface area contributed by atoms with Crippen molar-refractivity contribution in [2.24, 2.45) is 0 Å². The molecule has 1 aliphatic rings. The van der Waals surface area contributed by atoms with Crippen molar-refractivity contribution in [1.82, 2.24) is 4.90 Å². The van der Waals surface area contributed by atoms with Crippen LogP contribution < -0.4 is 0 Å². The van der Waals surface area contributed by atoms with Gasteiger partial charge in [-0.3, -0.25) is 9.59 Å². The van der Waals surface area contributed by atoms with Crippen molar-refractivity contribution in [1.29, 1.82) is 0 Å². The highest BCUT2D eigenvalue weighted by Gasteiger charge is 2.42. The molecule has 0 aromatic heterocycles. The average molecular weight is 405 g/mol. The molecule has 0 fully saturated rings. The van der Waals surface area contributed by atoms with Gasteiger partial charge in [0.25, 0.3) is 5.91 Å². The molecule has 0 radical (unpaired) electrons. The third kappa shape index (κ3) is 4.69. The number of ketones is 1. The lowest BCUT2D eigenvalue weighted by Gasteiger charge is -2.26. The van der Waals surface area contributed by atoms with Crippen LogP contribution in [-0.2, 0) is 20.7 Å². The first kappa shape index (κ1) is 21.5. The summed E-state index contributed by atoms with van der Waals surface area (Å²) in [5, 5.41) is 10.6. The SMILES string of the molecule is CCc1ccc(C2C(C(=O)C=Cc3ccccc3)=C(O)C(=O)N2CCCOC)cc1. The van der Waals surface area contributed by atoms with Crippen LogP contribution in [0.1, 0.15) is 36.1 Å². The highest BCUT2D eigenvalue weighted by atomic mass is 16.5. The summed E-state index contributed by atoms with van der Waals surface area (Å²) in [7, 11) is 1.60. The fourth-order valence-corrected chi connectivity index (χ4v) is 3.62. The Bertz CT molecular complexity index is 945. The van der Waals surface area contributed by atoms with Crippen LogP contribution >= 0.6 is 0 Å². The number of nitrogens with zero attached hydrogens (tertiary/aromatic N) is 1. The van der Waals surface area contributed by atoms with E-state index in [0.717, 1.165) is 17.5 Å². The largest absolute Gasteiger partial charge is 0.503 e. The molecule has 5 heteroatoms. The molecule has 1 atom stereocenters. The van der Waals surface area contributed by atoms with E-state index in [0.29, 0.717) is 19.6 Å². The Morgan fingerprint density at radius 3 is 2.47 bits per heavy atom. The summed E-state index contributed by atoms with van der Waals surface area (Å²) in [5.74, 6) is -1.37. The number of amides is 1. The maximum atomic E-state index is 13.0. The molecule has 1 heterocycles. The van der Waals surface area contributed by atoms with Gasteiger partial charge in [0, 0.05) is 20.3 Å². The van der Waals surface area contributed by atoms with E-state index in [4.69, 9.17) is 4.74 Å². The van der Waals surface area contributed by atoms with Gasteiger partial charge in [-0.25, -0.2) is 0 Å². The molecule has 1 unspecified atom stereocenters. The number of hydrogen-bond acceptors (Lipinski definition) is 4. The van der Waals surface area contributed by atoms with Crippen molar-refractivity contribution >= 4 is 17.8 Å². The number of rotatable bonds is 9. The molecule has 30 heavy (non-hydrogen) atoms. The van der Waals surface area contributed by atoms with E-state index in [1.807, 2.05) is 54.6 Å². The summed E-state index contributed by atoms with van der Waals surface area (Å²) >= 11 is 0. The molecule has 2 aromatic rings.